The monoisotopic (exact) mass is 357 g/mol. The second kappa shape index (κ2) is 7.99. The SMILES string of the molecule is CN(C)Cc1cccc(NC(=O)CCN2C(=O)C3CCCCC3C2=O)c1. The van der Waals surface area contributed by atoms with Crippen LogP contribution in [-0.2, 0) is 20.9 Å². The summed E-state index contributed by atoms with van der Waals surface area (Å²) in [5, 5.41) is 2.87. The van der Waals surface area contributed by atoms with Crippen LogP contribution in [0, 0.1) is 11.8 Å². The Bertz CT molecular complexity index is 677. The Morgan fingerprint density at radius 2 is 1.81 bits per heavy atom. The maximum absolute atomic E-state index is 12.4. The molecule has 1 saturated heterocycles. The van der Waals surface area contributed by atoms with Crippen molar-refractivity contribution in [2.45, 2.75) is 38.6 Å². The van der Waals surface area contributed by atoms with Crippen LogP contribution in [0.15, 0.2) is 24.3 Å². The number of fused-ring (bicyclic) bond motifs is 1. The first-order valence-corrected chi connectivity index (χ1v) is 9.34. The molecule has 0 bridgehead atoms. The summed E-state index contributed by atoms with van der Waals surface area (Å²) in [4.78, 5) is 40.5. The van der Waals surface area contributed by atoms with E-state index in [0.29, 0.717) is 0 Å². The second-order valence-electron chi connectivity index (χ2n) is 7.56. The molecule has 6 heteroatoms. The van der Waals surface area contributed by atoms with E-state index < -0.39 is 0 Å². The molecule has 3 amide bonds. The van der Waals surface area contributed by atoms with E-state index in [2.05, 4.69) is 10.2 Å². The number of carbonyl (C=O) groups excluding carboxylic acids is 3. The Labute approximate surface area is 154 Å². The van der Waals surface area contributed by atoms with Crippen molar-refractivity contribution in [1.82, 2.24) is 9.80 Å². The van der Waals surface area contributed by atoms with Gasteiger partial charge in [0.05, 0.1) is 11.8 Å². The minimum atomic E-state index is -0.178. The molecule has 2 unspecified atom stereocenters. The van der Waals surface area contributed by atoms with E-state index in [1.54, 1.807) is 0 Å². The molecule has 1 N–H and O–H groups in total. The van der Waals surface area contributed by atoms with Crippen LogP contribution < -0.4 is 5.32 Å². The van der Waals surface area contributed by atoms with Crippen molar-refractivity contribution in [2.75, 3.05) is 26.0 Å². The first kappa shape index (κ1) is 18.6. The standard InChI is InChI=1S/C20H27N3O3/c1-22(2)13-14-6-5-7-15(12-14)21-18(24)10-11-23-19(25)16-8-3-4-9-17(16)20(23)26/h5-7,12,16-17H,3-4,8-11,13H2,1-2H3,(H,21,24). The van der Waals surface area contributed by atoms with Gasteiger partial charge in [0.2, 0.25) is 17.7 Å². The molecule has 0 radical (unpaired) electrons. The van der Waals surface area contributed by atoms with Gasteiger partial charge in [-0.1, -0.05) is 25.0 Å². The number of amides is 3. The minimum absolute atomic E-state index is 0.0829. The minimum Gasteiger partial charge on any atom is -0.326 e. The quantitative estimate of drug-likeness (QED) is 0.793. The summed E-state index contributed by atoms with van der Waals surface area (Å²) < 4.78 is 0. The number of likely N-dealkylation sites (tertiary alicyclic amines) is 1. The van der Waals surface area contributed by atoms with Gasteiger partial charge in [0.25, 0.3) is 0 Å². The lowest BCUT2D eigenvalue weighted by atomic mass is 9.81. The van der Waals surface area contributed by atoms with Gasteiger partial charge in [0, 0.05) is 25.2 Å². The number of hydrogen-bond acceptors (Lipinski definition) is 4. The molecule has 3 rings (SSSR count). The van der Waals surface area contributed by atoms with E-state index in [-0.39, 0.29) is 42.5 Å². The number of imide groups is 1. The molecule has 6 nitrogen and oxygen atoms in total. The third-order valence-electron chi connectivity index (χ3n) is 5.20. The molecule has 1 aliphatic heterocycles. The number of benzene rings is 1. The third kappa shape index (κ3) is 4.12. The van der Waals surface area contributed by atoms with Crippen molar-refractivity contribution in [3.63, 3.8) is 0 Å². The number of nitrogens with zero attached hydrogens (tertiary/aromatic N) is 2. The molecule has 2 atom stereocenters. The highest BCUT2D eigenvalue weighted by molar-refractivity contribution is 6.05. The molecule has 26 heavy (non-hydrogen) atoms. The number of nitrogens with one attached hydrogen (secondary N) is 1. The Morgan fingerprint density at radius 1 is 1.15 bits per heavy atom. The Balaban J connectivity index is 1.54. The first-order valence-electron chi connectivity index (χ1n) is 9.34. The molecule has 140 valence electrons. The molecule has 0 aromatic heterocycles. The highest BCUT2D eigenvalue weighted by Gasteiger charge is 2.47. The highest BCUT2D eigenvalue weighted by Crippen LogP contribution is 2.37. The zero-order chi connectivity index (χ0) is 18.7. The highest BCUT2D eigenvalue weighted by atomic mass is 16.2. The van der Waals surface area contributed by atoms with Crippen molar-refractivity contribution in [3.05, 3.63) is 29.8 Å². The summed E-state index contributed by atoms with van der Waals surface area (Å²) >= 11 is 0. The third-order valence-corrected chi connectivity index (χ3v) is 5.20. The van der Waals surface area contributed by atoms with Crippen LogP contribution in [0.5, 0.6) is 0 Å². The van der Waals surface area contributed by atoms with Crippen LogP contribution in [0.2, 0.25) is 0 Å². The van der Waals surface area contributed by atoms with Gasteiger partial charge in [-0.2, -0.15) is 0 Å². The Kier molecular flexibility index (Phi) is 5.71. The van der Waals surface area contributed by atoms with Gasteiger partial charge in [0.15, 0.2) is 0 Å². The van der Waals surface area contributed by atoms with Gasteiger partial charge in [0.1, 0.15) is 0 Å². The van der Waals surface area contributed by atoms with Crippen molar-refractivity contribution in [2.24, 2.45) is 11.8 Å². The zero-order valence-corrected chi connectivity index (χ0v) is 15.5. The predicted molar refractivity (Wildman–Crippen MR) is 99.2 cm³/mol. The maximum Gasteiger partial charge on any atom is 0.233 e. The van der Waals surface area contributed by atoms with E-state index in [1.807, 2.05) is 38.4 Å². The van der Waals surface area contributed by atoms with Crippen molar-refractivity contribution in [1.29, 1.82) is 0 Å². The summed E-state index contributed by atoms with van der Waals surface area (Å²) in [5.74, 6) is -0.646. The van der Waals surface area contributed by atoms with Crippen LogP contribution in [0.1, 0.15) is 37.7 Å². The van der Waals surface area contributed by atoms with Crippen LogP contribution in [0.4, 0.5) is 5.69 Å². The largest absolute Gasteiger partial charge is 0.326 e. The van der Waals surface area contributed by atoms with Crippen molar-refractivity contribution < 1.29 is 14.4 Å². The molecular formula is C20H27N3O3. The van der Waals surface area contributed by atoms with Crippen molar-refractivity contribution >= 4 is 23.4 Å². The number of rotatable bonds is 6. The lowest BCUT2D eigenvalue weighted by Gasteiger charge is -2.19. The molecule has 2 fully saturated rings. The van der Waals surface area contributed by atoms with Gasteiger partial charge in [-0.25, -0.2) is 0 Å². The number of anilines is 1. The van der Waals surface area contributed by atoms with Gasteiger partial charge < -0.3 is 10.2 Å². The lowest BCUT2D eigenvalue weighted by Crippen LogP contribution is -2.34. The van der Waals surface area contributed by atoms with Gasteiger partial charge in [-0.05, 0) is 44.6 Å². The molecule has 1 heterocycles. The van der Waals surface area contributed by atoms with E-state index in [1.165, 1.54) is 4.90 Å². The summed E-state index contributed by atoms with van der Waals surface area (Å²) in [6.45, 7) is 0.969. The summed E-state index contributed by atoms with van der Waals surface area (Å²) in [6.07, 6.45) is 3.76. The van der Waals surface area contributed by atoms with E-state index in [0.717, 1.165) is 43.5 Å². The number of carbonyl (C=O) groups is 3. The fourth-order valence-electron chi connectivity index (χ4n) is 4.00. The van der Waals surface area contributed by atoms with E-state index in [4.69, 9.17) is 0 Å². The predicted octanol–water partition coefficient (Wildman–Crippen LogP) is 2.25. The average molecular weight is 357 g/mol. The van der Waals surface area contributed by atoms with E-state index in [9.17, 15) is 14.4 Å². The van der Waals surface area contributed by atoms with Gasteiger partial charge >= 0.3 is 0 Å². The van der Waals surface area contributed by atoms with Crippen LogP contribution >= 0.6 is 0 Å². The molecular weight excluding hydrogens is 330 g/mol. The molecule has 1 saturated carbocycles. The summed E-state index contributed by atoms with van der Waals surface area (Å²) in [6, 6.07) is 7.71. The molecule has 1 aliphatic carbocycles. The zero-order valence-electron chi connectivity index (χ0n) is 15.5. The topological polar surface area (TPSA) is 69.7 Å². The average Bonchev–Trinajstić information content (AvgIpc) is 2.84. The molecule has 1 aromatic rings. The molecule has 0 spiro atoms. The second-order valence-corrected chi connectivity index (χ2v) is 7.56. The fourth-order valence-corrected chi connectivity index (χ4v) is 4.00. The Hall–Kier alpha value is -2.21. The summed E-state index contributed by atoms with van der Waals surface area (Å²) in [5.41, 5.74) is 1.85. The first-order chi connectivity index (χ1) is 12.5. The number of hydrogen-bond donors (Lipinski definition) is 1. The normalized spacial score (nSPS) is 22.7. The maximum atomic E-state index is 12.4. The van der Waals surface area contributed by atoms with Gasteiger partial charge in [-0.3, -0.25) is 19.3 Å². The molecule has 2 aliphatic rings. The molecule has 1 aromatic carbocycles. The Morgan fingerprint density at radius 3 is 2.42 bits per heavy atom. The fraction of sp³-hybridized carbons (Fsp3) is 0.550. The smallest absolute Gasteiger partial charge is 0.233 e. The van der Waals surface area contributed by atoms with E-state index >= 15 is 0 Å². The lowest BCUT2D eigenvalue weighted by molar-refractivity contribution is -0.140. The van der Waals surface area contributed by atoms with Crippen LogP contribution in [0.3, 0.4) is 0 Å². The van der Waals surface area contributed by atoms with Crippen LogP contribution in [0.25, 0.3) is 0 Å². The summed E-state index contributed by atoms with van der Waals surface area (Å²) in [7, 11) is 3.99. The van der Waals surface area contributed by atoms with Crippen LogP contribution in [-0.4, -0.2) is 48.2 Å². The van der Waals surface area contributed by atoms with Crippen molar-refractivity contribution in [3.8, 4) is 0 Å². The van der Waals surface area contributed by atoms with Gasteiger partial charge in [-0.15, -0.1) is 0 Å².